The van der Waals surface area contributed by atoms with Crippen LogP contribution in [0.15, 0.2) is 53.4 Å². The lowest BCUT2D eigenvalue weighted by Crippen LogP contribution is -2.28. The molecule has 0 heterocycles. The molecule has 7 heteroatoms. The highest BCUT2D eigenvalue weighted by Gasteiger charge is 2.20. The Kier molecular flexibility index (Phi) is 6.88. The van der Waals surface area contributed by atoms with Crippen molar-refractivity contribution in [1.29, 1.82) is 0 Å². The number of aryl methyl sites for hydroxylation is 1. The quantitative estimate of drug-likeness (QED) is 0.765. The van der Waals surface area contributed by atoms with Crippen LogP contribution in [0.3, 0.4) is 0 Å². The predicted octanol–water partition coefficient (Wildman–Crippen LogP) is 3.43. The molecule has 26 heavy (non-hydrogen) atoms. The maximum Gasteiger partial charge on any atom is 0.242 e. The van der Waals surface area contributed by atoms with Crippen LogP contribution in [0.25, 0.3) is 0 Å². The Labute approximate surface area is 153 Å². The maximum atomic E-state index is 12.9. The number of nitrogens with one attached hydrogen (secondary N) is 1. The summed E-state index contributed by atoms with van der Waals surface area (Å²) < 4.78 is 38.9. The minimum atomic E-state index is -3.69. The number of halogens is 1. The second kappa shape index (κ2) is 8.91. The molecule has 0 bridgehead atoms. The molecule has 0 aliphatic carbocycles. The zero-order valence-electron chi connectivity index (χ0n) is 14.9. The molecular weight excluding hydrogens is 355 g/mol. The molecule has 5 nitrogen and oxygen atoms in total. The van der Waals surface area contributed by atoms with Crippen molar-refractivity contribution in [1.82, 2.24) is 4.31 Å². The minimum Gasteiger partial charge on any atom is -0.326 e. The van der Waals surface area contributed by atoms with Crippen LogP contribution in [0.1, 0.15) is 25.3 Å². The van der Waals surface area contributed by atoms with E-state index in [0.29, 0.717) is 6.42 Å². The molecule has 2 rings (SSSR count). The van der Waals surface area contributed by atoms with Gasteiger partial charge in [0.1, 0.15) is 5.82 Å². The zero-order valence-corrected chi connectivity index (χ0v) is 15.7. The van der Waals surface area contributed by atoms with Crippen LogP contribution in [-0.2, 0) is 21.2 Å². The molecule has 0 radical (unpaired) electrons. The summed E-state index contributed by atoms with van der Waals surface area (Å²) in [5, 5.41) is 2.86. The van der Waals surface area contributed by atoms with E-state index in [1.165, 1.54) is 23.5 Å². The lowest BCUT2D eigenvalue weighted by atomic mass is 10.1. The molecular formula is C19H23FN2O3S. The molecule has 2 aromatic carbocycles. The van der Waals surface area contributed by atoms with Gasteiger partial charge in [0.25, 0.3) is 0 Å². The van der Waals surface area contributed by atoms with Crippen molar-refractivity contribution in [3.05, 3.63) is 59.9 Å². The second-order valence-corrected chi connectivity index (χ2v) is 7.99. The summed E-state index contributed by atoms with van der Waals surface area (Å²) in [6.45, 7) is 2.21. The monoisotopic (exact) mass is 378 g/mol. The average molecular weight is 378 g/mol. The summed E-state index contributed by atoms with van der Waals surface area (Å²) >= 11 is 0. The normalized spacial score (nSPS) is 11.5. The van der Waals surface area contributed by atoms with Crippen LogP contribution in [-0.4, -0.2) is 32.2 Å². The number of amides is 1. The van der Waals surface area contributed by atoms with Crippen molar-refractivity contribution in [2.45, 2.75) is 31.1 Å². The van der Waals surface area contributed by atoms with Gasteiger partial charge in [0.05, 0.1) is 4.90 Å². The molecule has 0 aliphatic rings. The zero-order chi connectivity index (χ0) is 19.2. The van der Waals surface area contributed by atoms with Gasteiger partial charge in [-0.2, -0.15) is 0 Å². The fourth-order valence-electron chi connectivity index (χ4n) is 2.53. The highest BCUT2D eigenvalue weighted by molar-refractivity contribution is 7.89. The van der Waals surface area contributed by atoms with Crippen LogP contribution in [0, 0.1) is 5.82 Å². The molecule has 0 fully saturated rings. The standard InChI is InChI=1S/C19H23FN2O3S/c1-3-15-7-4-5-8-18(15)21-19(23)9-6-14-22(2)26(24,25)17-12-10-16(20)11-13-17/h4-5,7-8,10-13H,3,6,9,14H2,1-2H3,(H,21,23). The van der Waals surface area contributed by atoms with E-state index in [9.17, 15) is 17.6 Å². The van der Waals surface area contributed by atoms with Crippen LogP contribution in [0.2, 0.25) is 0 Å². The van der Waals surface area contributed by atoms with Gasteiger partial charge >= 0.3 is 0 Å². The number of carbonyl (C=O) groups is 1. The number of hydrogen-bond donors (Lipinski definition) is 1. The van der Waals surface area contributed by atoms with Gasteiger partial charge in [-0.1, -0.05) is 25.1 Å². The van der Waals surface area contributed by atoms with Crippen LogP contribution < -0.4 is 5.32 Å². The molecule has 2 aromatic rings. The molecule has 140 valence electrons. The van der Waals surface area contributed by atoms with Crippen LogP contribution in [0.4, 0.5) is 10.1 Å². The number of nitrogens with zero attached hydrogens (tertiary/aromatic N) is 1. The summed E-state index contributed by atoms with van der Waals surface area (Å²) in [4.78, 5) is 12.1. The van der Waals surface area contributed by atoms with E-state index in [0.717, 1.165) is 29.8 Å². The third-order valence-electron chi connectivity index (χ3n) is 4.07. The van der Waals surface area contributed by atoms with Gasteiger partial charge < -0.3 is 5.32 Å². The first-order valence-corrected chi connectivity index (χ1v) is 9.88. The van der Waals surface area contributed by atoms with Gasteiger partial charge in [0, 0.05) is 25.7 Å². The van der Waals surface area contributed by atoms with E-state index in [1.807, 2.05) is 31.2 Å². The highest BCUT2D eigenvalue weighted by atomic mass is 32.2. The van der Waals surface area contributed by atoms with E-state index < -0.39 is 15.8 Å². The van der Waals surface area contributed by atoms with E-state index in [4.69, 9.17) is 0 Å². The molecule has 0 saturated carbocycles. The smallest absolute Gasteiger partial charge is 0.242 e. The van der Waals surface area contributed by atoms with E-state index >= 15 is 0 Å². The molecule has 0 atom stereocenters. The highest BCUT2D eigenvalue weighted by Crippen LogP contribution is 2.17. The first-order chi connectivity index (χ1) is 12.3. The molecule has 0 aliphatic heterocycles. The Morgan fingerprint density at radius 3 is 2.42 bits per heavy atom. The Morgan fingerprint density at radius 2 is 1.77 bits per heavy atom. The van der Waals surface area contributed by atoms with Crippen LogP contribution >= 0.6 is 0 Å². The summed E-state index contributed by atoms with van der Waals surface area (Å²) in [5.74, 6) is -0.644. The summed E-state index contributed by atoms with van der Waals surface area (Å²) in [6, 6.07) is 12.3. The fourth-order valence-corrected chi connectivity index (χ4v) is 3.74. The van der Waals surface area contributed by atoms with Gasteiger partial charge in [0.15, 0.2) is 0 Å². The molecule has 0 spiro atoms. The van der Waals surface area contributed by atoms with E-state index in [2.05, 4.69) is 5.32 Å². The largest absolute Gasteiger partial charge is 0.326 e. The average Bonchev–Trinajstić information content (AvgIpc) is 2.62. The SMILES string of the molecule is CCc1ccccc1NC(=O)CCCN(C)S(=O)(=O)c1ccc(F)cc1. The first-order valence-electron chi connectivity index (χ1n) is 8.44. The van der Waals surface area contributed by atoms with Crippen molar-refractivity contribution in [3.8, 4) is 0 Å². The maximum absolute atomic E-state index is 12.9. The number of para-hydroxylation sites is 1. The molecule has 1 N–H and O–H groups in total. The topological polar surface area (TPSA) is 66.5 Å². The number of rotatable bonds is 8. The van der Waals surface area contributed by atoms with Gasteiger partial charge in [-0.05, 0) is 48.7 Å². The van der Waals surface area contributed by atoms with Gasteiger partial charge in [-0.25, -0.2) is 17.1 Å². The van der Waals surface area contributed by atoms with Gasteiger partial charge in [0.2, 0.25) is 15.9 Å². The number of benzene rings is 2. The summed E-state index contributed by atoms with van der Waals surface area (Å²) in [7, 11) is -2.24. The lowest BCUT2D eigenvalue weighted by molar-refractivity contribution is -0.116. The Bertz CT molecular complexity index is 851. The van der Waals surface area contributed by atoms with Gasteiger partial charge in [-0.3, -0.25) is 4.79 Å². The van der Waals surface area contributed by atoms with Crippen LogP contribution in [0.5, 0.6) is 0 Å². The molecule has 1 amide bonds. The van der Waals surface area contributed by atoms with E-state index in [-0.39, 0.29) is 23.8 Å². The second-order valence-electron chi connectivity index (χ2n) is 5.94. The number of carbonyl (C=O) groups excluding carboxylic acids is 1. The predicted molar refractivity (Wildman–Crippen MR) is 99.9 cm³/mol. The first kappa shape index (κ1) is 20.1. The molecule has 0 unspecified atom stereocenters. The summed E-state index contributed by atoms with van der Waals surface area (Å²) in [5.41, 5.74) is 1.84. The molecule has 0 saturated heterocycles. The van der Waals surface area contributed by atoms with Crippen molar-refractivity contribution >= 4 is 21.6 Å². The third-order valence-corrected chi connectivity index (χ3v) is 5.94. The minimum absolute atomic E-state index is 0.0303. The third kappa shape index (κ3) is 5.12. The fraction of sp³-hybridized carbons (Fsp3) is 0.316. The van der Waals surface area contributed by atoms with E-state index in [1.54, 1.807) is 0 Å². The van der Waals surface area contributed by atoms with Crippen molar-refractivity contribution in [3.63, 3.8) is 0 Å². The Balaban J connectivity index is 1.88. The number of sulfonamides is 1. The van der Waals surface area contributed by atoms with Crippen molar-refractivity contribution in [2.75, 3.05) is 18.9 Å². The Hall–Kier alpha value is -2.25. The van der Waals surface area contributed by atoms with Gasteiger partial charge in [-0.15, -0.1) is 0 Å². The Morgan fingerprint density at radius 1 is 1.12 bits per heavy atom. The van der Waals surface area contributed by atoms with Crippen molar-refractivity contribution in [2.24, 2.45) is 0 Å². The number of hydrogen-bond acceptors (Lipinski definition) is 3. The van der Waals surface area contributed by atoms with Crippen molar-refractivity contribution < 1.29 is 17.6 Å². The summed E-state index contributed by atoms with van der Waals surface area (Å²) in [6.07, 6.45) is 1.41. The lowest BCUT2D eigenvalue weighted by Gasteiger charge is -2.17. The number of anilines is 1. The molecule has 0 aromatic heterocycles.